The number of hydrogen-bond acceptors (Lipinski definition) is 6. The van der Waals surface area contributed by atoms with Crippen molar-refractivity contribution in [3.05, 3.63) is 94.0 Å². The average molecular weight is 641 g/mol. The van der Waals surface area contributed by atoms with Gasteiger partial charge in [0.15, 0.2) is 0 Å². The second kappa shape index (κ2) is 15.4. The van der Waals surface area contributed by atoms with Crippen LogP contribution in [0.3, 0.4) is 0 Å². The summed E-state index contributed by atoms with van der Waals surface area (Å²) in [6.07, 6.45) is 1.10. The number of rotatable bonds is 12. The summed E-state index contributed by atoms with van der Waals surface area (Å²) >= 11 is 3.54. The average Bonchev–Trinajstić information content (AvgIpc) is 2.97. The Hall–Kier alpha value is -3.07. The van der Waals surface area contributed by atoms with Gasteiger partial charge in [-0.05, 0) is 68.7 Å². The molecule has 0 radical (unpaired) electrons. The minimum absolute atomic E-state index is 0.147. The lowest BCUT2D eigenvalue weighted by Crippen LogP contribution is -2.48. The predicted octanol–water partition coefficient (Wildman–Crippen LogP) is 7.75. The van der Waals surface area contributed by atoms with Crippen molar-refractivity contribution in [2.75, 3.05) is 33.4 Å². The number of halogens is 1. The fourth-order valence-electron chi connectivity index (χ4n) is 4.96. The van der Waals surface area contributed by atoms with Gasteiger partial charge in [-0.3, -0.25) is 0 Å². The first-order valence-corrected chi connectivity index (χ1v) is 15.3. The number of ether oxygens (including phenoxy) is 5. The van der Waals surface area contributed by atoms with Crippen LogP contribution in [0.5, 0.6) is 11.5 Å². The van der Waals surface area contributed by atoms with E-state index in [4.69, 9.17) is 23.7 Å². The van der Waals surface area contributed by atoms with Crippen molar-refractivity contribution in [2.45, 2.75) is 64.4 Å². The van der Waals surface area contributed by atoms with Crippen LogP contribution < -0.4 is 9.47 Å². The van der Waals surface area contributed by atoms with Crippen molar-refractivity contribution < 1.29 is 28.5 Å². The molecular weight excluding hydrogens is 598 g/mol. The lowest BCUT2D eigenvalue weighted by atomic mass is 9.87. The number of nitrogens with zero attached hydrogens (tertiary/aromatic N) is 1. The second-order valence-electron chi connectivity index (χ2n) is 11.4. The minimum Gasteiger partial charge on any atom is -0.496 e. The van der Waals surface area contributed by atoms with E-state index in [1.807, 2.05) is 75.4 Å². The van der Waals surface area contributed by atoms with Crippen molar-refractivity contribution in [1.82, 2.24) is 4.90 Å². The van der Waals surface area contributed by atoms with Crippen LogP contribution in [0.25, 0.3) is 0 Å². The number of carbonyl (C=O) groups is 1. The topological polar surface area (TPSA) is 66.5 Å². The summed E-state index contributed by atoms with van der Waals surface area (Å²) in [5.74, 6) is 1.81. The van der Waals surface area contributed by atoms with Gasteiger partial charge in [-0.2, -0.15) is 0 Å². The summed E-state index contributed by atoms with van der Waals surface area (Å²) in [5, 5.41) is 0. The van der Waals surface area contributed by atoms with Gasteiger partial charge in [0, 0.05) is 28.9 Å². The predicted molar refractivity (Wildman–Crippen MR) is 167 cm³/mol. The highest BCUT2D eigenvalue weighted by molar-refractivity contribution is 9.10. The Morgan fingerprint density at radius 3 is 2.50 bits per heavy atom. The van der Waals surface area contributed by atoms with Crippen LogP contribution in [0.2, 0.25) is 0 Å². The minimum atomic E-state index is -0.544. The Morgan fingerprint density at radius 2 is 1.76 bits per heavy atom. The van der Waals surface area contributed by atoms with Crippen molar-refractivity contribution in [3.63, 3.8) is 0 Å². The van der Waals surface area contributed by atoms with Gasteiger partial charge in [-0.25, -0.2) is 4.79 Å². The standard InChI is InChI=1S/C34H42BrNO6/c1-34(2,3)42-33(37)36-18-17-30(32(22-36)41-23-25-9-7-11-28(35)21-25)26-13-15-29(16-14-26)40-20-8-19-39-24-27-10-5-6-12-31(27)38-4/h5-7,9-16,21,30,32H,8,17-20,22-24H2,1-4H3. The van der Waals surface area contributed by atoms with Gasteiger partial charge in [0.1, 0.15) is 17.1 Å². The SMILES string of the molecule is COc1ccccc1COCCCOc1ccc(C2CCN(C(=O)OC(C)(C)C)CC2OCc2cccc(Br)c2)cc1. The molecule has 1 saturated heterocycles. The molecule has 42 heavy (non-hydrogen) atoms. The summed E-state index contributed by atoms with van der Waals surface area (Å²) in [4.78, 5) is 14.6. The quantitative estimate of drug-likeness (QED) is 0.189. The lowest BCUT2D eigenvalue weighted by molar-refractivity contribution is -0.0359. The molecule has 0 saturated carbocycles. The van der Waals surface area contributed by atoms with E-state index < -0.39 is 5.60 Å². The Bertz CT molecular complexity index is 1280. The first kappa shape index (κ1) is 31.9. The Kier molecular flexibility index (Phi) is 11.7. The largest absolute Gasteiger partial charge is 0.496 e. The molecule has 1 amide bonds. The number of hydrogen-bond donors (Lipinski definition) is 0. The van der Waals surface area contributed by atoms with Gasteiger partial charge in [-0.1, -0.05) is 58.4 Å². The molecule has 0 N–H and O–H groups in total. The summed E-state index contributed by atoms with van der Waals surface area (Å²) in [7, 11) is 1.67. The third kappa shape index (κ3) is 9.75. The number of carbonyl (C=O) groups excluding carboxylic acids is 1. The number of likely N-dealkylation sites (tertiary alicyclic amines) is 1. The van der Waals surface area contributed by atoms with Crippen molar-refractivity contribution >= 4 is 22.0 Å². The van der Waals surface area contributed by atoms with Gasteiger partial charge in [0.25, 0.3) is 0 Å². The van der Waals surface area contributed by atoms with E-state index in [1.165, 1.54) is 5.56 Å². The normalized spacial score (nSPS) is 17.1. The molecule has 1 heterocycles. The number of piperidine rings is 1. The van der Waals surface area contributed by atoms with Crippen LogP contribution >= 0.6 is 15.9 Å². The maximum Gasteiger partial charge on any atom is 0.410 e. The molecule has 4 rings (SSSR count). The van der Waals surface area contributed by atoms with Crippen LogP contribution in [-0.4, -0.2) is 56.1 Å². The summed E-state index contributed by atoms with van der Waals surface area (Å²) in [6, 6.07) is 24.2. The van der Waals surface area contributed by atoms with E-state index in [0.29, 0.717) is 39.5 Å². The van der Waals surface area contributed by atoms with Gasteiger partial charge >= 0.3 is 6.09 Å². The molecule has 2 unspecified atom stereocenters. The Balaban J connectivity index is 1.31. The fourth-order valence-corrected chi connectivity index (χ4v) is 5.40. The number of methoxy groups -OCH3 is 1. The molecule has 3 aromatic rings. The maximum atomic E-state index is 12.8. The first-order chi connectivity index (χ1) is 20.2. The molecule has 0 bridgehead atoms. The summed E-state index contributed by atoms with van der Waals surface area (Å²) < 4.78 is 30.3. The van der Waals surface area contributed by atoms with Crippen LogP contribution in [-0.2, 0) is 27.4 Å². The van der Waals surface area contributed by atoms with Crippen LogP contribution in [0.4, 0.5) is 4.79 Å². The van der Waals surface area contributed by atoms with Gasteiger partial charge in [-0.15, -0.1) is 0 Å². The molecule has 3 aromatic carbocycles. The van der Waals surface area contributed by atoms with E-state index in [-0.39, 0.29) is 18.1 Å². The molecule has 2 atom stereocenters. The van der Waals surface area contributed by atoms with Gasteiger partial charge in [0.2, 0.25) is 0 Å². The van der Waals surface area contributed by atoms with Crippen LogP contribution in [0.1, 0.15) is 56.2 Å². The number of para-hydroxylation sites is 1. The molecular formula is C34H42BrNO6. The third-order valence-electron chi connectivity index (χ3n) is 7.02. The molecule has 0 aromatic heterocycles. The molecule has 1 aliphatic heterocycles. The summed E-state index contributed by atoms with van der Waals surface area (Å²) in [6.45, 7) is 8.89. The van der Waals surface area contributed by atoms with Crippen molar-refractivity contribution in [3.8, 4) is 11.5 Å². The second-order valence-corrected chi connectivity index (χ2v) is 12.4. The monoisotopic (exact) mass is 639 g/mol. The van der Waals surface area contributed by atoms with E-state index in [0.717, 1.165) is 39.9 Å². The Labute approximate surface area is 258 Å². The molecule has 8 heteroatoms. The van der Waals surface area contributed by atoms with E-state index in [9.17, 15) is 4.79 Å². The maximum absolute atomic E-state index is 12.8. The van der Waals surface area contributed by atoms with Crippen LogP contribution in [0.15, 0.2) is 77.3 Å². The zero-order chi connectivity index (χ0) is 30.0. The van der Waals surface area contributed by atoms with Crippen LogP contribution in [0, 0.1) is 0 Å². The van der Waals surface area contributed by atoms with Crippen molar-refractivity contribution in [1.29, 1.82) is 0 Å². The highest BCUT2D eigenvalue weighted by Gasteiger charge is 2.35. The fraction of sp³-hybridized carbons (Fsp3) is 0.441. The molecule has 226 valence electrons. The zero-order valence-corrected chi connectivity index (χ0v) is 26.6. The summed E-state index contributed by atoms with van der Waals surface area (Å²) in [5.41, 5.74) is 2.74. The molecule has 1 fully saturated rings. The highest BCUT2D eigenvalue weighted by Crippen LogP contribution is 2.33. The molecule has 0 aliphatic carbocycles. The smallest absolute Gasteiger partial charge is 0.410 e. The number of benzene rings is 3. The third-order valence-corrected chi connectivity index (χ3v) is 7.52. The van der Waals surface area contributed by atoms with E-state index in [1.54, 1.807) is 12.0 Å². The number of amides is 1. The highest BCUT2D eigenvalue weighted by atomic mass is 79.9. The van der Waals surface area contributed by atoms with Gasteiger partial charge in [0.05, 0.1) is 46.2 Å². The van der Waals surface area contributed by atoms with E-state index >= 15 is 0 Å². The molecule has 7 nitrogen and oxygen atoms in total. The van der Waals surface area contributed by atoms with E-state index in [2.05, 4.69) is 34.1 Å². The first-order valence-electron chi connectivity index (χ1n) is 14.5. The molecule has 0 spiro atoms. The van der Waals surface area contributed by atoms with Gasteiger partial charge < -0.3 is 28.6 Å². The Morgan fingerprint density at radius 1 is 0.976 bits per heavy atom. The zero-order valence-electron chi connectivity index (χ0n) is 25.0. The molecule has 1 aliphatic rings. The lowest BCUT2D eigenvalue weighted by Gasteiger charge is -2.39. The van der Waals surface area contributed by atoms with Crippen molar-refractivity contribution in [2.24, 2.45) is 0 Å².